The Labute approximate surface area is 115 Å². The summed E-state index contributed by atoms with van der Waals surface area (Å²) in [4.78, 5) is 11.5. The van der Waals surface area contributed by atoms with E-state index >= 15 is 0 Å². The molecule has 6 heteroatoms. The van der Waals surface area contributed by atoms with E-state index in [1.165, 1.54) is 6.07 Å². The summed E-state index contributed by atoms with van der Waals surface area (Å²) in [5.41, 5.74) is 0.243. The lowest BCUT2D eigenvalue weighted by Crippen LogP contribution is -2.10. The summed E-state index contributed by atoms with van der Waals surface area (Å²) in [7, 11) is 0. The minimum atomic E-state index is -2.73. The molecule has 0 saturated heterocycles. The molecule has 0 aliphatic heterocycles. The van der Waals surface area contributed by atoms with Crippen molar-refractivity contribution in [1.29, 1.82) is 0 Å². The molecule has 94 valence electrons. The maximum Gasteiger partial charge on any atom is 0.338 e. The van der Waals surface area contributed by atoms with E-state index in [4.69, 9.17) is 4.74 Å². The molecule has 0 fully saturated rings. The van der Waals surface area contributed by atoms with E-state index in [-0.39, 0.29) is 22.2 Å². The molecule has 1 aromatic carbocycles. The zero-order chi connectivity index (χ0) is 13.0. The number of benzene rings is 1. The lowest BCUT2D eigenvalue weighted by atomic mass is 10.0. The van der Waals surface area contributed by atoms with Crippen molar-refractivity contribution in [2.45, 2.75) is 18.7 Å². The zero-order valence-electron chi connectivity index (χ0n) is 8.97. The van der Waals surface area contributed by atoms with E-state index < -0.39 is 12.4 Å². The molecule has 1 rings (SSSR count). The largest absolute Gasteiger partial charge is 0.462 e. The minimum absolute atomic E-state index is 0.0987. The molecule has 0 radical (unpaired) electrons. The van der Waals surface area contributed by atoms with Crippen LogP contribution in [0.15, 0.2) is 16.6 Å². The summed E-state index contributed by atoms with van der Waals surface area (Å²) < 4.78 is 30.9. The van der Waals surface area contributed by atoms with Gasteiger partial charge in [0.05, 0.1) is 12.2 Å². The number of halogens is 4. The Morgan fingerprint density at radius 1 is 1.47 bits per heavy atom. The maximum atomic E-state index is 13.0. The van der Waals surface area contributed by atoms with E-state index in [1.54, 1.807) is 13.0 Å². The van der Waals surface area contributed by atoms with E-state index in [0.29, 0.717) is 10.9 Å². The van der Waals surface area contributed by atoms with Crippen molar-refractivity contribution in [2.75, 3.05) is 6.61 Å². The van der Waals surface area contributed by atoms with Gasteiger partial charge in [0.15, 0.2) is 0 Å². The topological polar surface area (TPSA) is 26.3 Å². The van der Waals surface area contributed by atoms with Crippen LogP contribution in [0.25, 0.3) is 0 Å². The molecule has 2 nitrogen and oxygen atoms in total. The Morgan fingerprint density at radius 2 is 2.12 bits per heavy atom. The van der Waals surface area contributed by atoms with Crippen LogP contribution in [0.4, 0.5) is 8.78 Å². The van der Waals surface area contributed by atoms with Gasteiger partial charge in [-0.3, -0.25) is 0 Å². The number of esters is 1. The quantitative estimate of drug-likeness (QED) is 0.577. The molecular weight excluding hydrogens is 362 g/mol. The molecule has 0 atom stereocenters. The van der Waals surface area contributed by atoms with Gasteiger partial charge < -0.3 is 4.74 Å². The highest BCUT2D eigenvalue weighted by atomic mass is 79.9. The highest BCUT2D eigenvalue weighted by Crippen LogP contribution is 2.34. The molecule has 0 amide bonds. The van der Waals surface area contributed by atoms with Crippen molar-refractivity contribution in [3.05, 3.63) is 33.3 Å². The normalized spacial score (nSPS) is 10.7. The van der Waals surface area contributed by atoms with Gasteiger partial charge in [-0.1, -0.05) is 22.0 Å². The van der Waals surface area contributed by atoms with Crippen LogP contribution in [-0.4, -0.2) is 12.6 Å². The van der Waals surface area contributed by atoms with Crippen LogP contribution in [0.5, 0.6) is 0 Å². The van der Waals surface area contributed by atoms with Gasteiger partial charge in [-0.2, -0.15) is 0 Å². The maximum absolute atomic E-state index is 13.0. The smallest absolute Gasteiger partial charge is 0.338 e. The summed E-state index contributed by atoms with van der Waals surface area (Å²) in [6, 6.07) is 2.97. The number of ether oxygens (including phenoxy) is 1. The van der Waals surface area contributed by atoms with E-state index in [2.05, 4.69) is 31.9 Å². The summed E-state index contributed by atoms with van der Waals surface area (Å²) in [6.45, 7) is 1.78. The summed E-state index contributed by atoms with van der Waals surface area (Å²) in [6.07, 6.45) is -2.73. The van der Waals surface area contributed by atoms with Crippen LogP contribution in [0.2, 0.25) is 0 Å². The van der Waals surface area contributed by atoms with Crippen molar-refractivity contribution >= 4 is 37.8 Å². The van der Waals surface area contributed by atoms with Crippen molar-refractivity contribution in [3.63, 3.8) is 0 Å². The van der Waals surface area contributed by atoms with Gasteiger partial charge in [-0.05, 0) is 34.5 Å². The molecular formula is C11H10Br2F2O2. The Kier molecular flexibility index (Phi) is 5.52. The lowest BCUT2D eigenvalue weighted by molar-refractivity contribution is 0.0515. The Balaban J connectivity index is 3.31. The highest BCUT2D eigenvalue weighted by molar-refractivity contribution is 9.10. The third kappa shape index (κ3) is 3.25. The molecule has 0 aliphatic carbocycles. The first-order valence-corrected chi connectivity index (χ1v) is 6.76. The number of hydrogen-bond donors (Lipinski definition) is 0. The van der Waals surface area contributed by atoms with Crippen LogP contribution in [-0.2, 0) is 10.1 Å². The van der Waals surface area contributed by atoms with Crippen LogP contribution >= 0.6 is 31.9 Å². The number of hydrogen-bond acceptors (Lipinski definition) is 2. The molecule has 1 aromatic rings. The van der Waals surface area contributed by atoms with Gasteiger partial charge in [-0.25, -0.2) is 13.6 Å². The molecule has 0 heterocycles. The monoisotopic (exact) mass is 370 g/mol. The number of carbonyl (C=O) groups excluding carboxylic acids is 1. The Hall–Kier alpha value is -0.490. The van der Waals surface area contributed by atoms with Gasteiger partial charge in [0.25, 0.3) is 6.43 Å². The summed E-state index contributed by atoms with van der Waals surface area (Å²) in [5, 5.41) is 0.427. The first kappa shape index (κ1) is 14.6. The van der Waals surface area contributed by atoms with E-state index in [9.17, 15) is 13.6 Å². The zero-order valence-corrected chi connectivity index (χ0v) is 12.1. The van der Waals surface area contributed by atoms with Gasteiger partial charge in [0.1, 0.15) is 0 Å². The Morgan fingerprint density at radius 3 is 2.59 bits per heavy atom. The standard InChI is InChI=1S/C11H10Br2F2O2/c1-2-17-11(16)7-4-3-6(5-12)9(13)8(7)10(14)15/h3-4,10H,2,5H2,1H3. The molecule has 0 bridgehead atoms. The van der Waals surface area contributed by atoms with Crippen LogP contribution < -0.4 is 0 Å². The van der Waals surface area contributed by atoms with Crippen LogP contribution in [0, 0.1) is 0 Å². The van der Waals surface area contributed by atoms with Gasteiger partial charge in [-0.15, -0.1) is 0 Å². The van der Waals surface area contributed by atoms with Crippen LogP contribution in [0.1, 0.15) is 34.8 Å². The predicted molar refractivity (Wildman–Crippen MR) is 67.7 cm³/mol. The molecule has 0 N–H and O–H groups in total. The first-order valence-electron chi connectivity index (χ1n) is 4.85. The van der Waals surface area contributed by atoms with Crippen molar-refractivity contribution in [2.24, 2.45) is 0 Å². The van der Waals surface area contributed by atoms with Gasteiger partial charge >= 0.3 is 5.97 Å². The molecule has 0 aliphatic rings. The van der Waals surface area contributed by atoms with Gasteiger partial charge in [0, 0.05) is 15.4 Å². The number of alkyl halides is 3. The highest BCUT2D eigenvalue weighted by Gasteiger charge is 2.23. The average molecular weight is 372 g/mol. The third-order valence-electron chi connectivity index (χ3n) is 2.12. The fourth-order valence-electron chi connectivity index (χ4n) is 1.34. The second-order valence-corrected chi connectivity index (χ2v) is 4.51. The van der Waals surface area contributed by atoms with Crippen LogP contribution in [0.3, 0.4) is 0 Å². The van der Waals surface area contributed by atoms with E-state index in [0.717, 1.165) is 0 Å². The summed E-state index contributed by atoms with van der Waals surface area (Å²) in [5.74, 6) is -0.732. The van der Waals surface area contributed by atoms with Crippen molar-refractivity contribution in [1.82, 2.24) is 0 Å². The average Bonchev–Trinajstić information content (AvgIpc) is 2.28. The minimum Gasteiger partial charge on any atom is -0.462 e. The molecule has 0 aromatic heterocycles. The molecule has 0 unspecified atom stereocenters. The SMILES string of the molecule is CCOC(=O)c1ccc(CBr)c(Br)c1C(F)F. The predicted octanol–water partition coefficient (Wildman–Crippen LogP) is 4.46. The van der Waals surface area contributed by atoms with Gasteiger partial charge in [0.2, 0.25) is 0 Å². The lowest BCUT2D eigenvalue weighted by Gasteiger charge is -2.12. The number of rotatable bonds is 4. The second-order valence-electron chi connectivity index (χ2n) is 3.15. The van der Waals surface area contributed by atoms with E-state index in [1.807, 2.05) is 0 Å². The fourth-order valence-corrected chi connectivity index (χ4v) is 2.84. The molecule has 0 saturated carbocycles. The first-order chi connectivity index (χ1) is 8.02. The molecule has 17 heavy (non-hydrogen) atoms. The molecule has 0 spiro atoms. The second kappa shape index (κ2) is 6.44. The third-order valence-corrected chi connectivity index (χ3v) is 3.66. The summed E-state index contributed by atoms with van der Waals surface area (Å²) >= 11 is 6.29. The fraction of sp³-hybridized carbons (Fsp3) is 0.364. The van der Waals surface area contributed by atoms with Crippen molar-refractivity contribution < 1.29 is 18.3 Å². The number of carbonyl (C=O) groups is 1. The Bertz CT molecular complexity index is 422. The van der Waals surface area contributed by atoms with Crippen molar-refractivity contribution in [3.8, 4) is 0 Å².